The Bertz CT molecular complexity index is 481. The fourth-order valence-corrected chi connectivity index (χ4v) is 3.80. The van der Waals surface area contributed by atoms with Crippen molar-refractivity contribution in [3.05, 3.63) is 21.9 Å². The third-order valence-electron chi connectivity index (χ3n) is 4.52. The van der Waals surface area contributed by atoms with Crippen molar-refractivity contribution in [3.63, 3.8) is 0 Å². The number of rotatable bonds is 1. The number of hydrogen-bond donors (Lipinski definition) is 2. The molecule has 0 radical (unpaired) electrons. The van der Waals surface area contributed by atoms with Gasteiger partial charge in [0.1, 0.15) is 10.8 Å². The van der Waals surface area contributed by atoms with Crippen LogP contribution in [0.25, 0.3) is 0 Å². The lowest BCUT2D eigenvalue weighted by Crippen LogP contribution is -2.63. The maximum atomic E-state index is 12.8. The molecule has 1 saturated heterocycles. The van der Waals surface area contributed by atoms with Crippen LogP contribution in [0.1, 0.15) is 42.6 Å². The lowest BCUT2D eigenvalue weighted by Gasteiger charge is -2.49. The first-order valence-corrected chi connectivity index (χ1v) is 7.95. The lowest BCUT2D eigenvalue weighted by molar-refractivity contribution is 0.0218. The van der Waals surface area contributed by atoms with Gasteiger partial charge in [0.05, 0.1) is 10.6 Å². The number of aromatic nitrogens is 1. The Labute approximate surface area is 128 Å². The first kappa shape index (κ1) is 14.2. The van der Waals surface area contributed by atoms with Gasteiger partial charge in [-0.1, -0.05) is 42.5 Å². The van der Waals surface area contributed by atoms with Crippen molar-refractivity contribution in [2.45, 2.75) is 37.6 Å². The molecule has 2 heterocycles. The molecule has 1 amide bonds. The summed E-state index contributed by atoms with van der Waals surface area (Å²) in [5, 5.41) is 4.18. The van der Waals surface area contributed by atoms with Gasteiger partial charge in [-0.3, -0.25) is 4.79 Å². The highest BCUT2D eigenvalue weighted by molar-refractivity contribution is 6.41. The Morgan fingerprint density at radius 1 is 1.25 bits per heavy atom. The number of hydrogen-bond acceptors (Lipinski definition) is 2. The molecule has 3 rings (SSSR count). The molecule has 1 saturated carbocycles. The van der Waals surface area contributed by atoms with Gasteiger partial charge < -0.3 is 15.2 Å². The molecular formula is C14H19Cl2N3O. The highest BCUT2D eigenvalue weighted by atomic mass is 35.5. The zero-order valence-electron chi connectivity index (χ0n) is 11.3. The summed E-state index contributed by atoms with van der Waals surface area (Å²) in [5.74, 6) is 0.0159. The minimum atomic E-state index is -0.0301. The SMILES string of the molecule is O=C(c1cc(Cl)c(Cl)[nH]1)N1CCNCC12CCCCC2. The number of piperazine rings is 1. The summed E-state index contributed by atoms with van der Waals surface area (Å²) >= 11 is 11.9. The summed E-state index contributed by atoms with van der Waals surface area (Å²) in [7, 11) is 0. The van der Waals surface area contributed by atoms with Gasteiger partial charge in [0, 0.05) is 19.6 Å². The molecule has 0 bridgehead atoms. The highest BCUT2D eigenvalue weighted by Crippen LogP contribution is 2.36. The molecule has 6 heteroatoms. The van der Waals surface area contributed by atoms with Crippen LogP contribution in [-0.2, 0) is 0 Å². The molecule has 20 heavy (non-hydrogen) atoms. The molecule has 110 valence electrons. The van der Waals surface area contributed by atoms with E-state index in [4.69, 9.17) is 23.2 Å². The average molecular weight is 316 g/mol. The summed E-state index contributed by atoms with van der Waals surface area (Å²) in [4.78, 5) is 17.7. The van der Waals surface area contributed by atoms with Crippen LogP contribution >= 0.6 is 23.2 Å². The van der Waals surface area contributed by atoms with Gasteiger partial charge in [-0.25, -0.2) is 0 Å². The van der Waals surface area contributed by atoms with E-state index in [1.165, 1.54) is 19.3 Å². The lowest BCUT2D eigenvalue weighted by atomic mass is 9.79. The van der Waals surface area contributed by atoms with Crippen molar-refractivity contribution in [2.75, 3.05) is 19.6 Å². The van der Waals surface area contributed by atoms with Crippen LogP contribution < -0.4 is 5.32 Å². The quantitative estimate of drug-likeness (QED) is 0.836. The summed E-state index contributed by atoms with van der Waals surface area (Å²) < 4.78 is 0. The first-order valence-electron chi connectivity index (χ1n) is 7.19. The predicted molar refractivity (Wildman–Crippen MR) is 80.5 cm³/mol. The molecule has 0 unspecified atom stereocenters. The Hall–Kier alpha value is -0.710. The van der Waals surface area contributed by atoms with Crippen LogP contribution in [-0.4, -0.2) is 41.0 Å². The van der Waals surface area contributed by atoms with Crippen molar-refractivity contribution in [1.29, 1.82) is 0 Å². The third-order valence-corrected chi connectivity index (χ3v) is 5.22. The number of carbonyl (C=O) groups is 1. The van der Waals surface area contributed by atoms with Crippen LogP contribution in [0.5, 0.6) is 0 Å². The minimum absolute atomic E-state index is 0.0159. The number of nitrogens with zero attached hydrogens (tertiary/aromatic N) is 1. The second-order valence-electron chi connectivity index (χ2n) is 5.76. The Morgan fingerprint density at radius 3 is 2.65 bits per heavy atom. The van der Waals surface area contributed by atoms with E-state index in [0.29, 0.717) is 15.9 Å². The molecular weight excluding hydrogens is 297 g/mol. The molecule has 1 spiro atoms. The van der Waals surface area contributed by atoms with Crippen molar-refractivity contribution in [2.24, 2.45) is 0 Å². The van der Waals surface area contributed by atoms with Gasteiger partial charge in [0.15, 0.2) is 0 Å². The molecule has 2 N–H and O–H groups in total. The largest absolute Gasteiger partial charge is 0.340 e. The maximum absolute atomic E-state index is 12.8. The smallest absolute Gasteiger partial charge is 0.270 e. The third kappa shape index (κ3) is 2.45. The number of carbonyl (C=O) groups excluding carboxylic acids is 1. The van der Waals surface area contributed by atoms with Crippen LogP contribution in [0.4, 0.5) is 0 Å². The topological polar surface area (TPSA) is 48.1 Å². The summed E-state index contributed by atoms with van der Waals surface area (Å²) in [5.41, 5.74) is 0.462. The fraction of sp³-hybridized carbons (Fsp3) is 0.643. The molecule has 1 aliphatic carbocycles. The minimum Gasteiger partial charge on any atom is -0.340 e. The van der Waals surface area contributed by atoms with Crippen LogP contribution in [0.2, 0.25) is 10.2 Å². The summed E-state index contributed by atoms with van der Waals surface area (Å²) in [6.45, 7) is 2.48. The van der Waals surface area contributed by atoms with Gasteiger partial charge in [-0.15, -0.1) is 0 Å². The molecule has 2 fully saturated rings. The van der Waals surface area contributed by atoms with Gasteiger partial charge in [-0.2, -0.15) is 0 Å². The Kier molecular flexibility index (Phi) is 3.98. The monoisotopic (exact) mass is 315 g/mol. The van der Waals surface area contributed by atoms with E-state index in [1.807, 2.05) is 4.90 Å². The molecule has 1 aromatic rings. The van der Waals surface area contributed by atoms with E-state index >= 15 is 0 Å². The summed E-state index contributed by atoms with van der Waals surface area (Å²) in [6, 6.07) is 1.63. The molecule has 4 nitrogen and oxygen atoms in total. The van der Waals surface area contributed by atoms with Crippen LogP contribution in [0.15, 0.2) is 6.07 Å². The fourth-order valence-electron chi connectivity index (χ4n) is 3.48. The zero-order valence-corrected chi connectivity index (χ0v) is 12.9. The maximum Gasteiger partial charge on any atom is 0.270 e. The number of H-pyrrole nitrogens is 1. The number of amides is 1. The molecule has 0 aromatic carbocycles. The predicted octanol–water partition coefficient (Wildman–Crippen LogP) is 3.07. The molecule has 2 aliphatic rings. The van der Waals surface area contributed by atoms with Gasteiger partial charge in [0.2, 0.25) is 0 Å². The molecule has 1 aromatic heterocycles. The van der Waals surface area contributed by atoms with Crippen molar-refractivity contribution in [1.82, 2.24) is 15.2 Å². The standard InChI is InChI=1S/C14H19Cl2N3O/c15-10-8-11(18-12(10)16)13(20)19-7-6-17-9-14(19)4-2-1-3-5-14/h8,17-18H,1-7,9H2. The first-order chi connectivity index (χ1) is 9.62. The van der Waals surface area contributed by atoms with E-state index < -0.39 is 0 Å². The highest BCUT2D eigenvalue weighted by Gasteiger charge is 2.42. The van der Waals surface area contributed by atoms with Crippen LogP contribution in [0.3, 0.4) is 0 Å². The van der Waals surface area contributed by atoms with Gasteiger partial charge in [0.25, 0.3) is 5.91 Å². The molecule has 0 atom stereocenters. The average Bonchev–Trinajstić information content (AvgIpc) is 2.79. The van der Waals surface area contributed by atoms with E-state index in [9.17, 15) is 4.79 Å². The number of nitrogens with one attached hydrogen (secondary N) is 2. The van der Waals surface area contributed by atoms with Crippen molar-refractivity contribution < 1.29 is 4.79 Å². The van der Waals surface area contributed by atoms with Crippen molar-refractivity contribution in [3.8, 4) is 0 Å². The van der Waals surface area contributed by atoms with E-state index in [2.05, 4.69) is 10.3 Å². The van der Waals surface area contributed by atoms with E-state index in [-0.39, 0.29) is 11.4 Å². The van der Waals surface area contributed by atoms with Gasteiger partial charge in [-0.05, 0) is 18.9 Å². The van der Waals surface area contributed by atoms with E-state index in [0.717, 1.165) is 32.5 Å². The molecule has 1 aliphatic heterocycles. The number of aromatic amines is 1. The Balaban J connectivity index is 1.87. The second kappa shape index (κ2) is 5.58. The normalized spacial score (nSPS) is 22.2. The van der Waals surface area contributed by atoms with E-state index in [1.54, 1.807) is 6.07 Å². The number of halogens is 2. The zero-order chi connectivity index (χ0) is 14.2. The van der Waals surface area contributed by atoms with Crippen LogP contribution in [0, 0.1) is 0 Å². The Morgan fingerprint density at radius 2 is 2.00 bits per heavy atom. The van der Waals surface area contributed by atoms with Crippen molar-refractivity contribution >= 4 is 29.1 Å². The second-order valence-corrected chi connectivity index (χ2v) is 6.55. The van der Waals surface area contributed by atoms with Gasteiger partial charge >= 0.3 is 0 Å². The summed E-state index contributed by atoms with van der Waals surface area (Å²) in [6.07, 6.45) is 5.81.